The first kappa shape index (κ1) is 16.0. The van der Waals surface area contributed by atoms with Crippen molar-refractivity contribution in [3.8, 4) is 17.2 Å². The molecule has 1 heterocycles. The summed E-state index contributed by atoms with van der Waals surface area (Å²) in [5, 5.41) is 2.71. The number of benzene rings is 2. The fourth-order valence-electron chi connectivity index (χ4n) is 2.30. The minimum atomic E-state index is -2.87. The van der Waals surface area contributed by atoms with E-state index in [1.165, 1.54) is 24.3 Å². The fraction of sp³-hybridized carbons (Fsp3) is 0.235. The maximum atomic E-state index is 12.1. The van der Waals surface area contributed by atoms with Crippen LogP contribution in [0.15, 0.2) is 42.5 Å². The Morgan fingerprint density at radius 3 is 2.62 bits per heavy atom. The Morgan fingerprint density at radius 2 is 1.88 bits per heavy atom. The molecule has 0 radical (unpaired) electrons. The van der Waals surface area contributed by atoms with E-state index in [4.69, 9.17) is 9.47 Å². The highest BCUT2D eigenvalue weighted by Crippen LogP contribution is 2.32. The topological polar surface area (TPSA) is 56.8 Å². The van der Waals surface area contributed by atoms with E-state index in [1.807, 2.05) is 18.2 Å². The SMILES string of the molecule is O=C(CCc1ccc2c(c1)OCO2)Nc1ccc(OC(F)F)cc1. The van der Waals surface area contributed by atoms with Crippen LogP contribution < -0.4 is 19.5 Å². The number of anilines is 1. The minimum absolute atomic E-state index is 0.0448. The number of nitrogens with one attached hydrogen (secondary N) is 1. The highest BCUT2D eigenvalue weighted by atomic mass is 19.3. The molecule has 0 aliphatic carbocycles. The van der Waals surface area contributed by atoms with Gasteiger partial charge in [0.2, 0.25) is 12.7 Å². The van der Waals surface area contributed by atoms with Crippen LogP contribution in [-0.2, 0) is 11.2 Å². The summed E-state index contributed by atoms with van der Waals surface area (Å²) >= 11 is 0. The summed E-state index contributed by atoms with van der Waals surface area (Å²) < 4.78 is 38.9. The van der Waals surface area contributed by atoms with Crippen LogP contribution >= 0.6 is 0 Å². The van der Waals surface area contributed by atoms with E-state index in [0.29, 0.717) is 23.6 Å². The van der Waals surface area contributed by atoms with Crippen LogP contribution in [0.25, 0.3) is 0 Å². The molecule has 0 spiro atoms. The molecule has 126 valence electrons. The standard InChI is InChI=1S/C17H15F2NO4/c18-17(19)24-13-5-3-12(4-6-13)20-16(21)8-2-11-1-7-14-15(9-11)23-10-22-14/h1,3-7,9,17H,2,8,10H2,(H,20,21). The Balaban J connectivity index is 1.50. The highest BCUT2D eigenvalue weighted by Gasteiger charge is 2.13. The summed E-state index contributed by atoms with van der Waals surface area (Å²) in [6.45, 7) is -2.66. The lowest BCUT2D eigenvalue weighted by Crippen LogP contribution is -2.12. The van der Waals surface area contributed by atoms with Gasteiger partial charge in [-0.1, -0.05) is 6.07 Å². The number of hydrogen-bond acceptors (Lipinski definition) is 4. The fourth-order valence-corrected chi connectivity index (χ4v) is 2.30. The number of alkyl halides is 2. The minimum Gasteiger partial charge on any atom is -0.454 e. The highest BCUT2D eigenvalue weighted by molar-refractivity contribution is 5.90. The van der Waals surface area contributed by atoms with Crippen molar-refractivity contribution in [1.29, 1.82) is 0 Å². The zero-order valence-electron chi connectivity index (χ0n) is 12.6. The van der Waals surface area contributed by atoms with Gasteiger partial charge in [-0.25, -0.2) is 0 Å². The van der Waals surface area contributed by atoms with E-state index >= 15 is 0 Å². The van der Waals surface area contributed by atoms with Gasteiger partial charge in [0.25, 0.3) is 0 Å². The van der Waals surface area contributed by atoms with Crippen molar-refractivity contribution in [2.45, 2.75) is 19.5 Å². The van der Waals surface area contributed by atoms with Gasteiger partial charge in [0.1, 0.15) is 5.75 Å². The van der Waals surface area contributed by atoms with Gasteiger partial charge >= 0.3 is 6.61 Å². The molecule has 24 heavy (non-hydrogen) atoms. The van der Waals surface area contributed by atoms with E-state index < -0.39 is 6.61 Å². The number of ether oxygens (including phenoxy) is 3. The van der Waals surface area contributed by atoms with Gasteiger partial charge in [0.15, 0.2) is 11.5 Å². The van der Waals surface area contributed by atoms with Crippen LogP contribution in [0.3, 0.4) is 0 Å². The molecule has 0 saturated carbocycles. The lowest BCUT2D eigenvalue weighted by molar-refractivity contribution is -0.116. The lowest BCUT2D eigenvalue weighted by Gasteiger charge is -2.08. The average Bonchev–Trinajstić information content (AvgIpc) is 3.02. The molecule has 1 N–H and O–H groups in total. The maximum Gasteiger partial charge on any atom is 0.387 e. The number of rotatable bonds is 6. The number of fused-ring (bicyclic) bond motifs is 1. The predicted molar refractivity (Wildman–Crippen MR) is 82.6 cm³/mol. The maximum absolute atomic E-state index is 12.1. The molecular weight excluding hydrogens is 320 g/mol. The first-order valence-corrected chi connectivity index (χ1v) is 7.33. The smallest absolute Gasteiger partial charge is 0.387 e. The molecular formula is C17H15F2NO4. The zero-order chi connectivity index (χ0) is 16.9. The van der Waals surface area contributed by atoms with E-state index in [2.05, 4.69) is 10.1 Å². The predicted octanol–water partition coefficient (Wildman–Crippen LogP) is 3.59. The van der Waals surface area contributed by atoms with Crippen LogP contribution in [-0.4, -0.2) is 19.3 Å². The van der Waals surface area contributed by atoms with Gasteiger partial charge in [-0.2, -0.15) is 8.78 Å². The van der Waals surface area contributed by atoms with Gasteiger partial charge in [-0.3, -0.25) is 4.79 Å². The Labute approximate surface area is 137 Å². The molecule has 5 nitrogen and oxygen atoms in total. The number of amides is 1. The summed E-state index contributed by atoms with van der Waals surface area (Å²) in [4.78, 5) is 12.0. The molecule has 0 atom stereocenters. The van der Waals surface area contributed by atoms with Crippen LogP contribution in [0.4, 0.5) is 14.5 Å². The third kappa shape index (κ3) is 4.13. The van der Waals surface area contributed by atoms with Crippen molar-refractivity contribution in [2.24, 2.45) is 0 Å². The van der Waals surface area contributed by atoms with Gasteiger partial charge in [0.05, 0.1) is 0 Å². The quantitative estimate of drug-likeness (QED) is 0.876. The number of carbonyl (C=O) groups excluding carboxylic acids is 1. The average molecular weight is 335 g/mol. The van der Waals surface area contributed by atoms with Crippen LogP contribution in [0.5, 0.6) is 17.2 Å². The van der Waals surface area contributed by atoms with Gasteiger partial charge in [-0.15, -0.1) is 0 Å². The monoisotopic (exact) mass is 335 g/mol. The van der Waals surface area contributed by atoms with Crippen molar-refractivity contribution in [3.05, 3.63) is 48.0 Å². The largest absolute Gasteiger partial charge is 0.454 e. The Hall–Kier alpha value is -2.83. The molecule has 3 rings (SSSR count). The first-order valence-electron chi connectivity index (χ1n) is 7.33. The van der Waals surface area contributed by atoms with E-state index in [-0.39, 0.29) is 24.9 Å². The second kappa shape index (κ2) is 7.16. The number of aryl methyl sites for hydroxylation is 1. The van der Waals surface area contributed by atoms with Gasteiger partial charge in [0, 0.05) is 12.1 Å². The van der Waals surface area contributed by atoms with Gasteiger partial charge in [-0.05, 0) is 48.4 Å². The van der Waals surface area contributed by atoms with Crippen molar-refractivity contribution >= 4 is 11.6 Å². The second-order valence-electron chi connectivity index (χ2n) is 5.14. The zero-order valence-corrected chi connectivity index (χ0v) is 12.6. The molecule has 0 bridgehead atoms. The number of halogens is 2. The molecule has 1 aliphatic rings. The summed E-state index contributed by atoms with van der Waals surface area (Å²) in [5.74, 6) is 1.26. The van der Waals surface area contributed by atoms with Crippen LogP contribution in [0.1, 0.15) is 12.0 Å². The lowest BCUT2D eigenvalue weighted by atomic mass is 10.1. The summed E-state index contributed by atoms with van der Waals surface area (Å²) in [6, 6.07) is 11.3. The molecule has 1 aliphatic heterocycles. The number of hydrogen-bond donors (Lipinski definition) is 1. The van der Waals surface area contributed by atoms with E-state index in [9.17, 15) is 13.6 Å². The van der Waals surface area contributed by atoms with Crippen LogP contribution in [0, 0.1) is 0 Å². The number of carbonyl (C=O) groups is 1. The summed E-state index contributed by atoms with van der Waals surface area (Å²) in [6.07, 6.45) is 0.837. The second-order valence-corrected chi connectivity index (χ2v) is 5.14. The van der Waals surface area contributed by atoms with Crippen molar-refractivity contribution in [1.82, 2.24) is 0 Å². The summed E-state index contributed by atoms with van der Waals surface area (Å²) in [7, 11) is 0. The molecule has 1 amide bonds. The molecule has 7 heteroatoms. The van der Waals surface area contributed by atoms with Crippen molar-refractivity contribution < 1.29 is 27.8 Å². The van der Waals surface area contributed by atoms with E-state index in [0.717, 1.165) is 5.56 Å². The van der Waals surface area contributed by atoms with E-state index in [1.54, 1.807) is 0 Å². The van der Waals surface area contributed by atoms with Gasteiger partial charge < -0.3 is 19.5 Å². The molecule has 0 saturated heterocycles. The molecule has 0 aromatic heterocycles. The van der Waals surface area contributed by atoms with Crippen molar-refractivity contribution in [2.75, 3.05) is 12.1 Å². The van der Waals surface area contributed by atoms with Crippen LogP contribution in [0.2, 0.25) is 0 Å². The summed E-state index contributed by atoms with van der Waals surface area (Å²) in [5.41, 5.74) is 1.49. The Morgan fingerprint density at radius 1 is 1.12 bits per heavy atom. The normalized spacial score (nSPS) is 12.3. The molecule has 0 fully saturated rings. The molecule has 0 unspecified atom stereocenters. The molecule has 2 aromatic rings. The Bertz CT molecular complexity index is 719. The third-order valence-electron chi connectivity index (χ3n) is 3.44. The van der Waals surface area contributed by atoms with Crippen molar-refractivity contribution in [3.63, 3.8) is 0 Å². The Kier molecular flexibility index (Phi) is 4.79. The first-order chi connectivity index (χ1) is 11.6. The third-order valence-corrected chi connectivity index (χ3v) is 3.44. The molecule has 2 aromatic carbocycles.